The molecule has 3 aliphatic rings. The number of fused-ring (bicyclic) bond motifs is 3. The maximum Gasteiger partial charge on any atom is 0.307 e. The lowest BCUT2D eigenvalue weighted by Gasteiger charge is -2.35. The summed E-state index contributed by atoms with van der Waals surface area (Å²) in [4.78, 5) is 38.3. The number of hydrogen-bond acceptors (Lipinski definition) is 8. The Balaban J connectivity index is 1.04. The molecule has 0 radical (unpaired) electrons. The molecule has 2 aliphatic heterocycles. The zero-order valence-electron chi connectivity index (χ0n) is 24.3. The van der Waals surface area contributed by atoms with Gasteiger partial charge in [-0.3, -0.25) is 9.59 Å². The Morgan fingerprint density at radius 1 is 1.07 bits per heavy atom. The monoisotopic (exact) mass is 598 g/mol. The van der Waals surface area contributed by atoms with E-state index in [0.717, 1.165) is 70.6 Å². The van der Waals surface area contributed by atoms with Gasteiger partial charge >= 0.3 is 5.97 Å². The maximum atomic E-state index is 13.2. The highest BCUT2D eigenvalue weighted by Gasteiger charge is 2.46. The van der Waals surface area contributed by atoms with E-state index in [1.807, 2.05) is 46.8 Å². The van der Waals surface area contributed by atoms with Crippen molar-refractivity contribution < 1.29 is 19.4 Å². The Hall–Kier alpha value is -4.25. The van der Waals surface area contributed by atoms with Crippen LogP contribution in [0.25, 0.3) is 11.3 Å². The number of rotatable bonds is 7. The van der Waals surface area contributed by atoms with Crippen LogP contribution in [0, 0.1) is 31.6 Å². The normalized spacial score (nSPS) is 21.1. The number of benzene rings is 2. The third-order valence-electron chi connectivity index (χ3n) is 9.16. The Morgan fingerprint density at radius 3 is 2.65 bits per heavy atom. The van der Waals surface area contributed by atoms with Crippen molar-refractivity contribution in [2.75, 3.05) is 24.5 Å². The number of aliphatic carboxylic acids is 1. The SMILES string of the molecule is Cc1ccc(OCc2ccc(C(=O)N3CCn4ncnc4C3)cc2C)c(-c2csc(N3C[C@H]4CC[C@@H](C3)[C@H]4C(=O)O)n2)c1. The Kier molecular flexibility index (Phi) is 7.12. The van der Waals surface area contributed by atoms with Crippen molar-refractivity contribution in [3.05, 3.63) is 76.2 Å². The van der Waals surface area contributed by atoms with E-state index in [0.29, 0.717) is 31.8 Å². The Labute approximate surface area is 253 Å². The van der Waals surface area contributed by atoms with Crippen LogP contribution in [0.5, 0.6) is 5.75 Å². The third-order valence-corrected chi connectivity index (χ3v) is 10.1. The fraction of sp³-hybridized carbons (Fsp3) is 0.406. The minimum Gasteiger partial charge on any atom is -0.488 e. The predicted molar refractivity (Wildman–Crippen MR) is 162 cm³/mol. The van der Waals surface area contributed by atoms with Crippen molar-refractivity contribution in [3.63, 3.8) is 0 Å². The zero-order chi connectivity index (χ0) is 29.7. The molecule has 3 atom stereocenters. The lowest BCUT2D eigenvalue weighted by molar-refractivity contribution is -0.144. The second kappa shape index (κ2) is 11.1. The minimum absolute atomic E-state index is 0.00910. The molecule has 2 aromatic carbocycles. The van der Waals surface area contributed by atoms with Gasteiger partial charge in [0.05, 0.1) is 24.7 Å². The first kappa shape index (κ1) is 27.6. The third kappa shape index (κ3) is 5.26. The highest BCUT2D eigenvalue weighted by Crippen LogP contribution is 2.44. The predicted octanol–water partition coefficient (Wildman–Crippen LogP) is 4.80. The summed E-state index contributed by atoms with van der Waals surface area (Å²) in [5.41, 5.74) is 5.58. The quantitative estimate of drug-likeness (QED) is 0.323. The number of carbonyl (C=O) groups is 2. The Morgan fingerprint density at radius 2 is 1.88 bits per heavy atom. The smallest absolute Gasteiger partial charge is 0.307 e. The largest absolute Gasteiger partial charge is 0.488 e. The summed E-state index contributed by atoms with van der Waals surface area (Å²) >= 11 is 1.60. The minimum atomic E-state index is -0.654. The van der Waals surface area contributed by atoms with E-state index < -0.39 is 5.97 Å². The van der Waals surface area contributed by atoms with Gasteiger partial charge in [0.2, 0.25) is 0 Å². The number of nitrogens with zero attached hydrogens (tertiary/aromatic N) is 6. The van der Waals surface area contributed by atoms with Crippen molar-refractivity contribution in [1.82, 2.24) is 24.6 Å². The molecule has 2 bridgehead atoms. The van der Waals surface area contributed by atoms with Gasteiger partial charge in [0.25, 0.3) is 5.91 Å². The number of carboxylic acid groups (broad SMARTS) is 1. The topological polar surface area (TPSA) is 114 Å². The number of amides is 1. The van der Waals surface area contributed by atoms with E-state index in [9.17, 15) is 14.7 Å². The van der Waals surface area contributed by atoms with Gasteiger partial charge in [-0.05, 0) is 73.9 Å². The second-order valence-electron chi connectivity index (χ2n) is 11.9. The van der Waals surface area contributed by atoms with E-state index in [4.69, 9.17) is 9.72 Å². The molecular weight excluding hydrogens is 564 g/mol. The molecule has 1 N–H and O–H groups in total. The molecule has 11 heteroatoms. The molecule has 2 aromatic heterocycles. The molecule has 1 saturated heterocycles. The number of hydrogen-bond donors (Lipinski definition) is 1. The van der Waals surface area contributed by atoms with Gasteiger partial charge < -0.3 is 19.6 Å². The summed E-state index contributed by atoms with van der Waals surface area (Å²) in [5.74, 6) is 1.04. The first-order valence-corrected chi connectivity index (χ1v) is 15.6. The average molecular weight is 599 g/mol. The molecule has 10 nitrogen and oxygen atoms in total. The zero-order valence-corrected chi connectivity index (χ0v) is 25.1. The van der Waals surface area contributed by atoms with Crippen molar-refractivity contribution in [3.8, 4) is 17.0 Å². The van der Waals surface area contributed by atoms with Crippen LogP contribution in [0.15, 0.2) is 48.1 Å². The number of piperidine rings is 1. The molecular formula is C32H34N6O4S. The highest BCUT2D eigenvalue weighted by atomic mass is 32.1. The summed E-state index contributed by atoms with van der Waals surface area (Å²) in [6.45, 7) is 7.63. The number of carbonyl (C=O) groups excluding carboxylic acids is 1. The fourth-order valence-corrected chi connectivity index (χ4v) is 7.70. The summed E-state index contributed by atoms with van der Waals surface area (Å²) in [5, 5.41) is 16.9. The lowest BCUT2D eigenvalue weighted by Crippen LogP contribution is -2.44. The highest BCUT2D eigenvalue weighted by molar-refractivity contribution is 7.14. The fourth-order valence-electron chi connectivity index (χ4n) is 6.85. The molecule has 7 rings (SSSR count). The second-order valence-corrected chi connectivity index (χ2v) is 12.8. The van der Waals surface area contributed by atoms with Gasteiger partial charge in [-0.1, -0.05) is 17.7 Å². The van der Waals surface area contributed by atoms with Gasteiger partial charge in [0.15, 0.2) is 5.13 Å². The van der Waals surface area contributed by atoms with E-state index in [1.165, 1.54) is 6.33 Å². The summed E-state index contributed by atoms with van der Waals surface area (Å²) in [6, 6.07) is 11.9. The van der Waals surface area contributed by atoms with Crippen LogP contribution < -0.4 is 9.64 Å². The molecule has 1 aliphatic carbocycles. The summed E-state index contributed by atoms with van der Waals surface area (Å²) in [6.07, 6.45) is 3.48. The van der Waals surface area contributed by atoms with Crippen molar-refractivity contribution in [1.29, 1.82) is 0 Å². The molecule has 0 unspecified atom stereocenters. The first-order valence-electron chi connectivity index (χ1n) is 14.8. The number of aryl methyl sites for hydroxylation is 2. The van der Waals surface area contributed by atoms with Crippen molar-refractivity contribution >= 4 is 28.3 Å². The van der Waals surface area contributed by atoms with Crippen LogP contribution >= 0.6 is 11.3 Å². The molecule has 4 heterocycles. The van der Waals surface area contributed by atoms with Crippen molar-refractivity contribution in [2.24, 2.45) is 17.8 Å². The van der Waals surface area contributed by atoms with E-state index in [-0.39, 0.29) is 23.7 Å². The van der Waals surface area contributed by atoms with E-state index in [1.54, 1.807) is 11.3 Å². The van der Waals surface area contributed by atoms with Crippen molar-refractivity contribution in [2.45, 2.75) is 46.4 Å². The van der Waals surface area contributed by atoms with Crippen LogP contribution in [0.2, 0.25) is 0 Å². The molecule has 4 aromatic rings. The Bertz CT molecular complexity index is 1680. The van der Waals surface area contributed by atoms with Crippen LogP contribution in [0.3, 0.4) is 0 Å². The summed E-state index contributed by atoms with van der Waals surface area (Å²) in [7, 11) is 0. The van der Waals surface area contributed by atoms with Gasteiger partial charge in [0, 0.05) is 36.1 Å². The van der Waals surface area contributed by atoms with Crippen LogP contribution in [0.1, 0.15) is 45.7 Å². The number of thiazole rings is 1. The number of carboxylic acids is 1. The van der Waals surface area contributed by atoms with Gasteiger partial charge in [0.1, 0.15) is 24.5 Å². The van der Waals surface area contributed by atoms with Gasteiger partial charge in [-0.15, -0.1) is 11.3 Å². The standard InChI is InChI=1S/C32H34N6O4S/c1-19-3-8-27(25(11-19)26-17-43-32(35-26)37-13-22-5-6-23(14-37)29(22)31(40)41)42-16-24-7-4-21(12-20(24)2)30(39)36-9-10-38-28(15-36)33-18-34-38/h3-4,7-8,11-12,17-18,22-23,29H,5-6,9-10,13-16H2,1-2H3,(H,40,41)/t22-,23+,29+. The van der Waals surface area contributed by atoms with Gasteiger partial charge in [-0.2, -0.15) is 5.10 Å². The number of ether oxygens (including phenoxy) is 1. The first-order chi connectivity index (χ1) is 20.8. The van der Waals surface area contributed by atoms with Crippen LogP contribution in [-0.4, -0.2) is 61.3 Å². The summed E-state index contributed by atoms with van der Waals surface area (Å²) < 4.78 is 8.21. The number of anilines is 1. The molecule has 222 valence electrons. The number of aromatic nitrogens is 4. The van der Waals surface area contributed by atoms with E-state index in [2.05, 4.69) is 33.4 Å². The molecule has 1 saturated carbocycles. The van der Waals surface area contributed by atoms with Crippen LogP contribution in [0.4, 0.5) is 5.13 Å². The average Bonchev–Trinajstić information content (AvgIpc) is 3.74. The molecule has 1 amide bonds. The van der Waals surface area contributed by atoms with Crippen LogP contribution in [-0.2, 0) is 24.5 Å². The molecule has 0 spiro atoms. The maximum absolute atomic E-state index is 13.2. The lowest BCUT2D eigenvalue weighted by atomic mass is 9.85. The molecule has 2 fully saturated rings. The van der Waals surface area contributed by atoms with Gasteiger partial charge in [-0.25, -0.2) is 14.6 Å². The van der Waals surface area contributed by atoms with E-state index >= 15 is 0 Å². The molecule has 43 heavy (non-hydrogen) atoms.